The van der Waals surface area contributed by atoms with Gasteiger partial charge in [0.15, 0.2) is 16.5 Å². The van der Waals surface area contributed by atoms with E-state index in [2.05, 4.69) is 24.9 Å². The van der Waals surface area contributed by atoms with Crippen molar-refractivity contribution in [2.45, 2.75) is 26.2 Å². The fourth-order valence-electron chi connectivity index (χ4n) is 4.20. The third-order valence-electron chi connectivity index (χ3n) is 6.29. The van der Waals surface area contributed by atoms with Gasteiger partial charge in [-0.25, -0.2) is 9.38 Å². The maximum Gasteiger partial charge on any atom is 0.274 e. The number of para-hydroxylation sites is 3. The van der Waals surface area contributed by atoms with Gasteiger partial charge in [-0.05, 0) is 59.9 Å². The summed E-state index contributed by atoms with van der Waals surface area (Å²) in [6.07, 6.45) is 2.91. The van der Waals surface area contributed by atoms with Crippen LogP contribution < -0.4 is 24.3 Å². The first kappa shape index (κ1) is 23.9. The summed E-state index contributed by atoms with van der Waals surface area (Å²) >= 11 is 1.38. The number of thiazole rings is 1. The molecular formula is C29H28N2O4S. The molecule has 7 heteroatoms. The van der Waals surface area contributed by atoms with Crippen LogP contribution in [0.1, 0.15) is 37.3 Å². The van der Waals surface area contributed by atoms with Crippen LogP contribution in [0.2, 0.25) is 0 Å². The molecule has 1 atom stereocenters. The molecule has 1 unspecified atom stereocenters. The van der Waals surface area contributed by atoms with E-state index in [4.69, 9.17) is 14.2 Å². The minimum absolute atomic E-state index is 0.0715. The lowest BCUT2D eigenvalue weighted by molar-refractivity contribution is 0.209. The van der Waals surface area contributed by atoms with Crippen LogP contribution in [-0.4, -0.2) is 29.7 Å². The van der Waals surface area contributed by atoms with Crippen molar-refractivity contribution in [1.29, 1.82) is 0 Å². The van der Waals surface area contributed by atoms with Crippen LogP contribution in [0.3, 0.4) is 0 Å². The van der Waals surface area contributed by atoms with E-state index < -0.39 is 0 Å². The Hall–Kier alpha value is -3.84. The zero-order valence-corrected chi connectivity index (χ0v) is 21.4. The number of hydrogen-bond acceptors (Lipinski definition) is 6. The molecule has 0 aliphatic rings. The van der Waals surface area contributed by atoms with E-state index in [1.165, 1.54) is 16.9 Å². The molecule has 6 nitrogen and oxygen atoms in total. The van der Waals surface area contributed by atoms with Crippen LogP contribution in [-0.2, 0) is 0 Å². The number of benzene rings is 3. The lowest BCUT2D eigenvalue weighted by Crippen LogP contribution is -2.22. The molecule has 0 N–H and O–H groups in total. The fraction of sp³-hybridized carbons (Fsp3) is 0.241. The molecule has 0 fully saturated rings. The Morgan fingerprint density at radius 1 is 0.972 bits per heavy atom. The van der Waals surface area contributed by atoms with E-state index in [1.807, 2.05) is 66.7 Å². The topological polar surface area (TPSA) is 62.1 Å². The number of imidazole rings is 1. The van der Waals surface area contributed by atoms with Crippen molar-refractivity contribution in [2.75, 3.05) is 20.3 Å². The van der Waals surface area contributed by atoms with Crippen molar-refractivity contribution in [3.63, 3.8) is 0 Å². The summed E-state index contributed by atoms with van der Waals surface area (Å²) in [6, 6.07) is 21.4. The summed E-state index contributed by atoms with van der Waals surface area (Å²) in [5.41, 5.74) is 3.64. The van der Waals surface area contributed by atoms with Gasteiger partial charge in [-0.3, -0.25) is 4.79 Å². The number of hydrogen-bond donors (Lipinski definition) is 0. The number of rotatable bonds is 9. The Bertz CT molecular complexity index is 1620. The Labute approximate surface area is 213 Å². The average Bonchev–Trinajstić information content (AvgIpc) is 3.42. The molecule has 0 amide bonds. The smallest absolute Gasteiger partial charge is 0.274 e. The molecule has 0 saturated carbocycles. The van der Waals surface area contributed by atoms with Gasteiger partial charge in [0.25, 0.3) is 5.56 Å². The summed E-state index contributed by atoms with van der Waals surface area (Å²) in [6.45, 7) is 5.18. The van der Waals surface area contributed by atoms with E-state index in [9.17, 15) is 4.79 Å². The van der Waals surface area contributed by atoms with Gasteiger partial charge in [0.2, 0.25) is 0 Å². The Morgan fingerprint density at radius 3 is 2.53 bits per heavy atom. The molecule has 0 radical (unpaired) electrons. The first-order valence-corrected chi connectivity index (χ1v) is 12.8. The van der Waals surface area contributed by atoms with Crippen molar-refractivity contribution in [1.82, 2.24) is 9.38 Å². The molecule has 3 aromatic carbocycles. The molecule has 0 aliphatic carbocycles. The molecular weight excluding hydrogens is 472 g/mol. The zero-order chi connectivity index (χ0) is 25.1. The summed E-state index contributed by atoms with van der Waals surface area (Å²) in [5, 5.41) is 0. The summed E-state index contributed by atoms with van der Waals surface area (Å²) in [7, 11) is 1.61. The maximum absolute atomic E-state index is 13.0. The highest BCUT2D eigenvalue weighted by atomic mass is 32.1. The van der Waals surface area contributed by atoms with Crippen molar-refractivity contribution in [3.05, 3.63) is 92.7 Å². The molecule has 5 rings (SSSR count). The van der Waals surface area contributed by atoms with Gasteiger partial charge in [-0.1, -0.05) is 61.6 Å². The third kappa shape index (κ3) is 4.66. The van der Waals surface area contributed by atoms with Crippen LogP contribution >= 0.6 is 11.3 Å². The Morgan fingerprint density at radius 2 is 1.72 bits per heavy atom. The first-order valence-electron chi connectivity index (χ1n) is 12.0. The highest BCUT2D eigenvalue weighted by molar-refractivity contribution is 7.15. The molecule has 2 heterocycles. The Kier molecular flexibility index (Phi) is 6.91. The van der Waals surface area contributed by atoms with Gasteiger partial charge >= 0.3 is 0 Å². The monoisotopic (exact) mass is 500 g/mol. The standard InChI is InChI=1S/C29H28N2O4S/c1-4-19(2)21-9-5-8-12-24(21)34-15-16-35-25-14-13-20(17-26(25)33-3)18-27-28(32)31-23-11-7-6-10-22(23)30-29(31)36-27/h5-14,17-19H,4,15-16H2,1-3H3. The second-order valence-corrected chi connectivity index (χ2v) is 9.60. The summed E-state index contributed by atoms with van der Waals surface area (Å²) in [5.74, 6) is 2.56. The molecule has 0 aliphatic heterocycles. The van der Waals surface area contributed by atoms with Gasteiger partial charge in [0.1, 0.15) is 19.0 Å². The van der Waals surface area contributed by atoms with Crippen molar-refractivity contribution in [2.24, 2.45) is 0 Å². The van der Waals surface area contributed by atoms with Crippen LogP contribution in [0.4, 0.5) is 0 Å². The third-order valence-corrected chi connectivity index (χ3v) is 7.26. The minimum atomic E-state index is -0.0715. The number of aromatic nitrogens is 2. The van der Waals surface area contributed by atoms with E-state index in [1.54, 1.807) is 11.5 Å². The molecule has 0 saturated heterocycles. The van der Waals surface area contributed by atoms with E-state index in [-0.39, 0.29) is 5.56 Å². The average molecular weight is 501 g/mol. The maximum atomic E-state index is 13.0. The molecule has 2 aromatic heterocycles. The van der Waals surface area contributed by atoms with Gasteiger partial charge in [-0.2, -0.15) is 0 Å². The largest absolute Gasteiger partial charge is 0.493 e. The lowest BCUT2D eigenvalue weighted by Gasteiger charge is -2.16. The molecule has 184 valence electrons. The van der Waals surface area contributed by atoms with Gasteiger partial charge in [-0.15, -0.1) is 0 Å². The second-order valence-electron chi connectivity index (χ2n) is 8.59. The zero-order valence-electron chi connectivity index (χ0n) is 20.6. The van der Waals surface area contributed by atoms with Crippen LogP contribution in [0, 0.1) is 0 Å². The SMILES string of the molecule is CCC(C)c1ccccc1OCCOc1ccc(C=c2sc3nc4ccccc4n3c2=O)cc1OC. The molecule has 0 spiro atoms. The van der Waals surface area contributed by atoms with Crippen LogP contribution in [0.15, 0.2) is 71.5 Å². The predicted molar refractivity (Wildman–Crippen MR) is 145 cm³/mol. The highest BCUT2D eigenvalue weighted by Crippen LogP contribution is 2.30. The highest BCUT2D eigenvalue weighted by Gasteiger charge is 2.12. The lowest BCUT2D eigenvalue weighted by atomic mass is 9.98. The molecule has 5 aromatic rings. The van der Waals surface area contributed by atoms with E-state index in [0.717, 1.165) is 28.8 Å². The quantitative estimate of drug-likeness (QED) is 0.252. The van der Waals surface area contributed by atoms with Gasteiger partial charge in [0, 0.05) is 0 Å². The first-order chi connectivity index (χ1) is 17.6. The van der Waals surface area contributed by atoms with Crippen LogP contribution in [0.5, 0.6) is 17.2 Å². The summed E-state index contributed by atoms with van der Waals surface area (Å²) < 4.78 is 19.8. The molecule has 0 bridgehead atoms. The number of fused-ring (bicyclic) bond motifs is 3. The number of ether oxygens (including phenoxy) is 3. The van der Waals surface area contributed by atoms with Gasteiger partial charge < -0.3 is 14.2 Å². The normalized spacial score (nSPS) is 12.8. The molecule has 36 heavy (non-hydrogen) atoms. The van der Waals surface area contributed by atoms with Gasteiger partial charge in [0.05, 0.1) is 22.7 Å². The van der Waals surface area contributed by atoms with Crippen molar-refractivity contribution < 1.29 is 14.2 Å². The van der Waals surface area contributed by atoms with E-state index in [0.29, 0.717) is 40.1 Å². The number of nitrogens with zero attached hydrogens (tertiary/aromatic N) is 2. The fourth-order valence-corrected chi connectivity index (χ4v) is 5.19. The van der Waals surface area contributed by atoms with Crippen molar-refractivity contribution >= 4 is 33.4 Å². The predicted octanol–water partition coefficient (Wildman–Crippen LogP) is 5.44. The number of methoxy groups -OCH3 is 1. The Balaban J connectivity index is 1.31. The second kappa shape index (κ2) is 10.4. The minimum Gasteiger partial charge on any atom is -0.493 e. The summed E-state index contributed by atoms with van der Waals surface area (Å²) in [4.78, 5) is 18.3. The van der Waals surface area contributed by atoms with E-state index >= 15 is 0 Å². The van der Waals surface area contributed by atoms with Crippen molar-refractivity contribution in [3.8, 4) is 17.2 Å². The van der Waals surface area contributed by atoms with Crippen LogP contribution in [0.25, 0.3) is 22.1 Å².